The Morgan fingerprint density at radius 2 is 1.52 bits per heavy atom. The summed E-state index contributed by atoms with van der Waals surface area (Å²) in [7, 11) is -3.53. The lowest BCUT2D eigenvalue weighted by Gasteiger charge is -2.22. The van der Waals surface area contributed by atoms with Gasteiger partial charge in [0.2, 0.25) is 10.0 Å². The average molecular weight is 445 g/mol. The molecule has 9 heteroatoms. The molecule has 2 aromatic rings. The number of aromatic nitrogens is 1. The van der Waals surface area contributed by atoms with Gasteiger partial charge in [0, 0.05) is 31.5 Å². The summed E-state index contributed by atoms with van der Waals surface area (Å²) >= 11 is 0. The van der Waals surface area contributed by atoms with Gasteiger partial charge in [0.1, 0.15) is 0 Å². The smallest absolute Gasteiger partial charge is 0.309 e. The summed E-state index contributed by atoms with van der Waals surface area (Å²) in [5, 5.41) is 5.12. The van der Waals surface area contributed by atoms with E-state index in [1.807, 2.05) is 0 Å². The fourth-order valence-corrected chi connectivity index (χ4v) is 4.81. The fraction of sp³-hybridized carbons (Fsp3) is 0.409. The van der Waals surface area contributed by atoms with E-state index in [1.165, 1.54) is 0 Å². The lowest BCUT2D eigenvalue weighted by molar-refractivity contribution is -0.139. The topological polar surface area (TPSA) is 117 Å². The normalized spacial score (nSPS) is 14.7. The summed E-state index contributed by atoms with van der Waals surface area (Å²) in [5.74, 6) is -1.41. The van der Waals surface area contributed by atoms with Crippen LogP contribution in [0.2, 0.25) is 0 Å². The van der Waals surface area contributed by atoms with Crippen LogP contribution in [0.3, 0.4) is 0 Å². The van der Waals surface area contributed by atoms with Crippen LogP contribution in [0, 0.1) is 0 Å². The lowest BCUT2D eigenvalue weighted by atomic mass is 9.96. The van der Waals surface area contributed by atoms with Crippen LogP contribution in [-0.2, 0) is 32.6 Å². The monoisotopic (exact) mass is 444 g/mol. The number of hydrogen-bond donors (Lipinski definition) is 3. The Morgan fingerprint density at radius 1 is 0.871 bits per heavy atom. The number of benzene rings is 1. The molecule has 1 aromatic heterocycles. The quantitative estimate of drug-likeness (QED) is 0.536. The van der Waals surface area contributed by atoms with Crippen molar-refractivity contribution >= 4 is 21.8 Å². The Kier molecular flexibility index (Phi) is 8.13. The van der Waals surface area contributed by atoms with E-state index in [-0.39, 0.29) is 24.0 Å². The summed E-state index contributed by atoms with van der Waals surface area (Å²) in [5.41, 5.74) is 1.72. The van der Waals surface area contributed by atoms with Gasteiger partial charge in [0.15, 0.2) is 0 Å². The maximum atomic E-state index is 12.5. The van der Waals surface area contributed by atoms with Gasteiger partial charge in [-0.3, -0.25) is 14.6 Å². The van der Waals surface area contributed by atoms with E-state index in [0.717, 1.165) is 43.2 Å². The number of hydrogen-bond acceptors (Lipinski definition) is 5. The summed E-state index contributed by atoms with van der Waals surface area (Å²) < 4.78 is 27.9. The summed E-state index contributed by atoms with van der Waals surface area (Å²) in [6, 6.07) is 10.1. The highest BCUT2D eigenvalue weighted by molar-refractivity contribution is 7.89. The van der Waals surface area contributed by atoms with E-state index in [2.05, 4.69) is 20.3 Å². The van der Waals surface area contributed by atoms with E-state index >= 15 is 0 Å². The number of pyridine rings is 1. The van der Waals surface area contributed by atoms with Crippen molar-refractivity contribution in [1.82, 2.24) is 20.3 Å². The highest BCUT2D eigenvalue weighted by atomic mass is 32.2. The van der Waals surface area contributed by atoms with Crippen LogP contribution in [0.4, 0.5) is 0 Å². The highest BCUT2D eigenvalue weighted by Crippen LogP contribution is 2.20. The maximum Gasteiger partial charge on any atom is 0.309 e. The van der Waals surface area contributed by atoms with Crippen LogP contribution in [0.5, 0.6) is 0 Å². The largest absolute Gasteiger partial charge is 0.348 e. The van der Waals surface area contributed by atoms with Crippen molar-refractivity contribution in [2.75, 3.05) is 6.54 Å². The molecule has 1 aliphatic carbocycles. The van der Waals surface area contributed by atoms with Gasteiger partial charge in [-0.15, -0.1) is 0 Å². The molecule has 31 heavy (non-hydrogen) atoms. The van der Waals surface area contributed by atoms with Gasteiger partial charge in [-0.25, -0.2) is 13.1 Å². The van der Waals surface area contributed by atoms with Gasteiger partial charge in [0.05, 0.1) is 4.90 Å². The molecule has 1 saturated carbocycles. The van der Waals surface area contributed by atoms with Gasteiger partial charge in [-0.05, 0) is 54.7 Å². The Labute approximate surface area is 182 Å². The Hall–Kier alpha value is -2.78. The molecule has 0 bridgehead atoms. The Balaban J connectivity index is 1.42. The number of sulfonamides is 1. The van der Waals surface area contributed by atoms with Crippen molar-refractivity contribution in [1.29, 1.82) is 0 Å². The minimum Gasteiger partial charge on any atom is -0.348 e. The minimum absolute atomic E-state index is 0.0124. The number of carbonyl (C=O) groups is 2. The Bertz CT molecular complexity index is 972. The maximum absolute atomic E-state index is 12.5. The molecular formula is C22H28N4O4S. The second-order valence-electron chi connectivity index (χ2n) is 7.64. The van der Waals surface area contributed by atoms with E-state index in [9.17, 15) is 18.0 Å². The molecule has 0 radical (unpaired) electrons. The van der Waals surface area contributed by atoms with Crippen molar-refractivity contribution in [3.8, 4) is 0 Å². The number of nitrogens with zero attached hydrogens (tertiary/aromatic N) is 1. The third-order valence-electron chi connectivity index (χ3n) is 5.27. The first kappa shape index (κ1) is 22.9. The molecule has 1 aliphatic rings. The molecule has 8 nitrogen and oxygen atoms in total. The second-order valence-corrected chi connectivity index (χ2v) is 9.36. The number of nitrogens with one attached hydrogen (secondary N) is 3. The second kappa shape index (κ2) is 11.0. The molecule has 0 saturated heterocycles. The number of rotatable bonds is 8. The van der Waals surface area contributed by atoms with Gasteiger partial charge in [-0.2, -0.15) is 0 Å². The van der Waals surface area contributed by atoms with Crippen LogP contribution >= 0.6 is 0 Å². The van der Waals surface area contributed by atoms with Crippen LogP contribution in [-0.4, -0.2) is 37.8 Å². The van der Waals surface area contributed by atoms with Gasteiger partial charge >= 0.3 is 11.8 Å². The molecule has 1 fully saturated rings. The van der Waals surface area contributed by atoms with Gasteiger partial charge < -0.3 is 10.6 Å². The van der Waals surface area contributed by atoms with Gasteiger partial charge in [-0.1, -0.05) is 31.4 Å². The molecular weight excluding hydrogens is 416 g/mol. The van der Waals surface area contributed by atoms with Crippen molar-refractivity contribution < 1.29 is 18.0 Å². The van der Waals surface area contributed by atoms with Gasteiger partial charge in [0.25, 0.3) is 0 Å². The van der Waals surface area contributed by atoms with E-state index in [4.69, 9.17) is 0 Å². The van der Waals surface area contributed by atoms with Crippen LogP contribution in [0.15, 0.2) is 53.7 Å². The first-order valence-corrected chi connectivity index (χ1v) is 12.0. The zero-order chi connectivity index (χ0) is 22.1. The van der Waals surface area contributed by atoms with Crippen LogP contribution in [0.1, 0.15) is 43.2 Å². The third-order valence-corrected chi connectivity index (χ3v) is 6.80. The molecule has 0 unspecified atom stereocenters. The molecule has 0 spiro atoms. The SMILES string of the molecule is O=C(NCCc1ccc(S(=O)(=O)NC2CCCCC2)cc1)C(=O)NCc1ccncc1. The number of amides is 2. The fourth-order valence-electron chi connectivity index (χ4n) is 3.51. The predicted octanol–water partition coefficient (Wildman–Crippen LogP) is 1.67. The lowest BCUT2D eigenvalue weighted by Crippen LogP contribution is -2.40. The van der Waals surface area contributed by atoms with Crippen molar-refractivity contribution in [3.63, 3.8) is 0 Å². The third kappa shape index (κ3) is 7.15. The average Bonchev–Trinajstić information content (AvgIpc) is 2.79. The Morgan fingerprint density at radius 3 is 2.19 bits per heavy atom. The molecule has 1 heterocycles. The van der Waals surface area contributed by atoms with Crippen molar-refractivity contribution in [2.45, 2.75) is 56.0 Å². The molecule has 3 N–H and O–H groups in total. The minimum atomic E-state index is -3.53. The predicted molar refractivity (Wildman–Crippen MR) is 116 cm³/mol. The van der Waals surface area contributed by atoms with E-state index in [1.54, 1.807) is 48.8 Å². The number of carbonyl (C=O) groups excluding carboxylic acids is 2. The first-order valence-electron chi connectivity index (χ1n) is 10.5. The van der Waals surface area contributed by atoms with E-state index in [0.29, 0.717) is 6.42 Å². The molecule has 166 valence electrons. The molecule has 1 aromatic carbocycles. The van der Waals surface area contributed by atoms with Crippen molar-refractivity contribution in [3.05, 3.63) is 59.9 Å². The molecule has 0 atom stereocenters. The summed E-state index contributed by atoms with van der Waals surface area (Å²) in [6.45, 7) is 0.521. The summed E-state index contributed by atoms with van der Waals surface area (Å²) in [6.07, 6.45) is 8.75. The standard InChI is InChI=1S/C22H28N4O4S/c27-21(22(28)25-16-18-10-13-23-14-11-18)24-15-12-17-6-8-20(9-7-17)31(29,30)26-19-4-2-1-3-5-19/h6-11,13-14,19,26H,1-5,12,15-16H2,(H,24,27)(H,25,28). The molecule has 3 rings (SSSR count). The van der Waals surface area contributed by atoms with Crippen LogP contribution < -0.4 is 15.4 Å². The first-order chi connectivity index (χ1) is 14.9. The van der Waals surface area contributed by atoms with Crippen molar-refractivity contribution in [2.24, 2.45) is 0 Å². The summed E-state index contributed by atoms with van der Waals surface area (Å²) in [4.78, 5) is 27.9. The van der Waals surface area contributed by atoms with Crippen LogP contribution in [0.25, 0.3) is 0 Å². The zero-order valence-electron chi connectivity index (χ0n) is 17.3. The molecule has 2 amide bonds. The van der Waals surface area contributed by atoms with E-state index < -0.39 is 21.8 Å². The highest BCUT2D eigenvalue weighted by Gasteiger charge is 2.21. The molecule has 0 aliphatic heterocycles. The zero-order valence-corrected chi connectivity index (χ0v) is 18.2.